The third-order valence-electron chi connectivity index (χ3n) is 5.80. The van der Waals surface area contributed by atoms with Crippen LogP contribution in [-0.4, -0.2) is 72.2 Å². The van der Waals surface area contributed by atoms with Crippen LogP contribution < -0.4 is 0 Å². The summed E-state index contributed by atoms with van der Waals surface area (Å²) in [6, 6.07) is 3.60. The van der Waals surface area contributed by atoms with Crippen LogP contribution in [0.25, 0.3) is 0 Å². The molecule has 1 saturated carbocycles. The molecule has 0 unspecified atom stereocenters. The van der Waals surface area contributed by atoms with Crippen molar-refractivity contribution >= 4 is 11.8 Å². The standard InChI is InChI=1S/C20H27N3O4/c1-26-12-14-6-9-22(10-7-14)20(25)19-18(15-3-2-8-21-11-15)23(16-4-5-16)17(24)13-27-19/h2-3,8,11,14,16,18-19H,4-7,9-10,12-13H2,1H3/t18-,19+/m1/s1. The van der Waals surface area contributed by atoms with Crippen molar-refractivity contribution in [1.82, 2.24) is 14.8 Å². The molecule has 7 nitrogen and oxygen atoms in total. The molecule has 0 aromatic carbocycles. The molecule has 3 aliphatic rings. The van der Waals surface area contributed by atoms with Crippen LogP contribution in [0, 0.1) is 5.92 Å². The van der Waals surface area contributed by atoms with Gasteiger partial charge in [-0.2, -0.15) is 0 Å². The normalized spacial score (nSPS) is 27.1. The topological polar surface area (TPSA) is 72.0 Å². The van der Waals surface area contributed by atoms with Crippen LogP contribution in [0.1, 0.15) is 37.3 Å². The lowest BCUT2D eigenvalue weighted by atomic mass is 9.94. The second-order valence-electron chi connectivity index (χ2n) is 7.72. The third-order valence-corrected chi connectivity index (χ3v) is 5.80. The largest absolute Gasteiger partial charge is 0.384 e. The van der Waals surface area contributed by atoms with Crippen LogP contribution in [0.5, 0.6) is 0 Å². The van der Waals surface area contributed by atoms with Crippen molar-refractivity contribution in [3.05, 3.63) is 30.1 Å². The Morgan fingerprint density at radius 3 is 2.70 bits per heavy atom. The molecule has 0 bridgehead atoms. The van der Waals surface area contributed by atoms with E-state index >= 15 is 0 Å². The van der Waals surface area contributed by atoms with Gasteiger partial charge in [-0.1, -0.05) is 6.07 Å². The van der Waals surface area contributed by atoms with E-state index in [-0.39, 0.29) is 24.5 Å². The van der Waals surface area contributed by atoms with Gasteiger partial charge in [0.1, 0.15) is 6.61 Å². The van der Waals surface area contributed by atoms with E-state index < -0.39 is 12.1 Å². The van der Waals surface area contributed by atoms with E-state index in [0.717, 1.165) is 37.9 Å². The molecule has 27 heavy (non-hydrogen) atoms. The molecule has 1 aromatic rings. The number of morpholine rings is 1. The van der Waals surface area contributed by atoms with Gasteiger partial charge < -0.3 is 19.3 Å². The van der Waals surface area contributed by atoms with Crippen molar-refractivity contribution in [2.24, 2.45) is 5.92 Å². The van der Waals surface area contributed by atoms with Crippen molar-refractivity contribution in [2.45, 2.75) is 43.9 Å². The van der Waals surface area contributed by atoms with Crippen LogP contribution in [0.2, 0.25) is 0 Å². The van der Waals surface area contributed by atoms with Crippen LogP contribution in [-0.2, 0) is 19.1 Å². The van der Waals surface area contributed by atoms with Gasteiger partial charge in [-0.25, -0.2) is 0 Å². The predicted octanol–water partition coefficient (Wildman–Crippen LogP) is 1.40. The number of hydrogen-bond donors (Lipinski definition) is 0. The molecule has 3 heterocycles. The fraction of sp³-hybridized carbons (Fsp3) is 0.650. The summed E-state index contributed by atoms with van der Waals surface area (Å²) in [6.45, 7) is 2.14. The molecule has 7 heteroatoms. The zero-order valence-electron chi connectivity index (χ0n) is 15.8. The molecule has 4 rings (SSSR count). The van der Waals surface area contributed by atoms with Gasteiger partial charge in [0.15, 0.2) is 6.10 Å². The van der Waals surface area contributed by atoms with Gasteiger partial charge >= 0.3 is 0 Å². The van der Waals surface area contributed by atoms with E-state index in [1.807, 2.05) is 21.9 Å². The molecule has 2 saturated heterocycles. The number of carbonyl (C=O) groups is 2. The second-order valence-corrected chi connectivity index (χ2v) is 7.72. The summed E-state index contributed by atoms with van der Waals surface area (Å²) in [6.07, 6.45) is 6.65. The summed E-state index contributed by atoms with van der Waals surface area (Å²) >= 11 is 0. The number of hydrogen-bond acceptors (Lipinski definition) is 5. The van der Waals surface area contributed by atoms with E-state index in [9.17, 15) is 9.59 Å². The Balaban J connectivity index is 1.54. The first kappa shape index (κ1) is 18.4. The van der Waals surface area contributed by atoms with Crippen LogP contribution >= 0.6 is 0 Å². The number of amides is 2. The summed E-state index contributed by atoms with van der Waals surface area (Å²) in [7, 11) is 1.72. The number of carbonyl (C=O) groups excluding carboxylic acids is 2. The quantitative estimate of drug-likeness (QED) is 0.780. The predicted molar refractivity (Wildman–Crippen MR) is 97.8 cm³/mol. The first-order valence-electron chi connectivity index (χ1n) is 9.79. The molecule has 146 valence electrons. The van der Waals surface area contributed by atoms with Gasteiger partial charge in [-0.3, -0.25) is 14.6 Å². The van der Waals surface area contributed by atoms with Crippen LogP contribution in [0.3, 0.4) is 0 Å². The van der Waals surface area contributed by atoms with Crippen molar-refractivity contribution in [3.8, 4) is 0 Å². The van der Waals surface area contributed by atoms with E-state index in [1.165, 1.54) is 0 Å². The maximum atomic E-state index is 13.3. The lowest BCUT2D eigenvalue weighted by Gasteiger charge is -2.43. The van der Waals surface area contributed by atoms with E-state index in [1.54, 1.807) is 19.5 Å². The monoisotopic (exact) mass is 373 g/mol. The van der Waals surface area contributed by atoms with Crippen molar-refractivity contribution < 1.29 is 19.1 Å². The van der Waals surface area contributed by atoms with Gasteiger partial charge in [-0.15, -0.1) is 0 Å². The minimum atomic E-state index is -0.661. The summed E-state index contributed by atoms with van der Waals surface area (Å²) in [5.41, 5.74) is 0.866. The van der Waals surface area contributed by atoms with E-state index in [0.29, 0.717) is 19.0 Å². The fourth-order valence-corrected chi connectivity index (χ4v) is 4.24. The number of rotatable bonds is 5. The number of ether oxygens (including phenoxy) is 2. The molecule has 2 aliphatic heterocycles. The average molecular weight is 373 g/mol. The van der Waals surface area contributed by atoms with Gasteiger partial charge in [0, 0.05) is 45.2 Å². The van der Waals surface area contributed by atoms with E-state index in [2.05, 4.69) is 4.98 Å². The lowest BCUT2D eigenvalue weighted by molar-refractivity contribution is -0.171. The maximum absolute atomic E-state index is 13.3. The molecule has 2 amide bonds. The minimum absolute atomic E-state index is 0.0159. The fourth-order valence-electron chi connectivity index (χ4n) is 4.24. The molecular formula is C20H27N3O4. The summed E-state index contributed by atoms with van der Waals surface area (Å²) in [5, 5.41) is 0. The second kappa shape index (κ2) is 7.94. The highest BCUT2D eigenvalue weighted by molar-refractivity contribution is 5.87. The zero-order chi connectivity index (χ0) is 18.8. The molecule has 0 N–H and O–H groups in total. The van der Waals surface area contributed by atoms with Gasteiger partial charge in [0.2, 0.25) is 5.91 Å². The number of pyridine rings is 1. The van der Waals surface area contributed by atoms with Crippen molar-refractivity contribution in [2.75, 3.05) is 33.4 Å². The molecule has 3 fully saturated rings. The Bertz CT molecular complexity index is 671. The number of aromatic nitrogens is 1. The van der Waals surface area contributed by atoms with E-state index in [4.69, 9.17) is 9.47 Å². The molecular weight excluding hydrogens is 346 g/mol. The summed E-state index contributed by atoms with van der Waals surface area (Å²) in [4.78, 5) is 33.8. The highest BCUT2D eigenvalue weighted by Crippen LogP contribution is 2.40. The number of likely N-dealkylation sites (tertiary alicyclic amines) is 1. The highest BCUT2D eigenvalue weighted by atomic mass is 16.5. The molecule has 2 atom stereocenters. The Morgan fingerprint density at radius 2 is 2.07 bits per heavy atom. The molecule has 0 radical (unpaired) electrons. The average Bonchev–Trinajstić information content (AvgIpc) is 3.54. The number of piperidine rings is 1. The first-order chi connectivity index (χ1) is 13.2. The van der Waals surface area contributed by atoms with Crippen LogP contribution in [0.4, 0.5) is 0 Å². The molecule has 1 aromatic heterocycles. The summed E-state index contributed by atoms with van der Waals surface area (Å²) < 4.78 is 11.1. The van der Waals surface area contributed by atoms with Gasteiger partial charge in [0.25, 0.3) is 5.91 Å². The zero-order valence-corrected chi connectivity index (χ0v) is 15.8. The smallest absolute Gasteiger partial charge is 0.254 e. The Hall–Kier alpha value is -1.99. The van der Waals surface area contributed by atoms with Gasteiger partial charge in [0.05, 0.1) is 6.04 Å². The van der Waals surface area contributed by atoms with Gasteiger partial charge in [-0.05, 0) is 43.2 Å². The lowest BCUT2D eigenvalue weighted by Crippen LogP contribution is -2.56. The molecule has 0 spiro atoms. The number of nitrogens with zero attached hydrogens (tertiary/aromatic N) is 3. The maximum Gasteiger partial charge on any atom is 0.254 e. The Morgan fingerprint density at radius 1 is 1.30 bits per heavy atom. The van der Waals surface area contributed by atoms with Crippen LogP contribution in [0.15, 0.2) is 24.5 Å². The SMILES string of the molecule is COCC1CCN(C(=O)[C@H]2OCC(=O)N(C3CC3)[C@@H]2c2cccnc2)CC1. The highest BCUT2D eigenvalue weighted by Gasteiger charge is 2.48. The van der Waals surface area contributed by atoms with Crippen molar-refractivity contribution in [1.29, 1.82) is 0 Å². The first-order valence-corrected chi connectivity index (χ1v) is 9.79. The van der Waals surface area contributed by atoms with Crippen molar-refractivity contribution in [3.63, 3.8) is 0 Å². The Kier molecular flexibility index (Phi) is 5.41. The summed E-state index contributed by atoms with van der Waals surface area (Å²) in [5.74, 6) is 0.456. The number of methoxy groups -OCH3 is 1. The Labute approximate surface area is 159 Å². The minimum Gasteiger partial charge on any atom is -0.384 e. The third kappa shape index (κ3) is 3.84. The molecule has 1 aliphatic carbocycles.